The zero-order valence-corrected chi connectivity index (χ0v) is 30.2. The highest BCUT2D eigenvalue weighted by atomic mass is 31.3. The Morgan fingerprint density at radius 3 is 2.07 bits per heavy atom. The molecule has 4 aromatic heterocycles. The maximum atomic E-state index is 13.3. The summed E-state index contributed by atoms with van der Waals surface area (Å²) in [5.74, 6) is -2.22. The van der Waals surface area contributed by atoms with E-state index in [-0.39, 0.29) is 28.1 Å². The van der Waals surface area contributed by atoms with Crippen LogP contribution in [0.2, 0.25) is 0 Å². The number of H-pyrrole nitrogens is 1. The van der Waals surface area contributed by atoms with Gasteiger partial charge in [0.2, 0.25) is 5.95 Å². The standard InChI is InChI=1S/C21H30N10O19P4/c22-15-9-16(25-3-24-15)30(4-26-9)19-13(34)11(32)7(47-19)2-46-54(43,44)49-14-12(33)8(1-45-51(36,37)6-52(38,39)50-53(40,41)42)48-20(14)31-5-27-10-17(31)28-21(23)29-18(10)35/h3-5,7-8,11-14,19-20,32-34H,1-2,6H2,(H,36,37)(H,38,39)(H,43,44)(H2,22,24,25)(H2,40,41,42)(H3,23,28,29,35)/t7-,8-,11-,12-,13-,14-,19-,20-/m1/s1. The highest BCUT2D eigenvalue weighted by Gasteiger charge is 2.52. The average Bonchev–Trinajstić information content (AvgIpc) is 3.79. The van der Waals surface area contributed by atoms with Crippen LogP contribution in [0, 0.1) is 0 Å². The molecular formula is C21H30N10O19P4. The van der Waals surface area contributed by atoms with Crippen LogP contribution in [0.15, 0.2) is 23.8 Å². The molecule has 298 valence electrons. The quantitative estimate of drug-likeness (QED) is 0.0562. The van der Waals surface area contributed by atoms with Crippen molar-refractivity contribution in [3.8, 4) is 0 Å². The van der Waals surface area contributed by atoms with Gasteiger partial charge < -0.3 is 65.3 Å². The fourth-order valence-electron chi connectivity index (χ4n) is 5.48. The number of fused-ring (bicyclic) bond motifs is 2. The van der Waals surface area contributed by atoms with Gasteiger partial charge in [-0.15, -0.1) is 0 Å². The van der Waals surface area contributed by atoms with E-state index in [0.29, 0.717) is 0 Å². The number of nitrogen functional groups attached to an aromatic ring is 2. The number of aliphatic hydroxyl groups excluding tert-OH is 3. The third-order valence-electron chi connectivity index (χ3n) is 7.72. The number of phosphoric acid groups is 2. The molecule has 6 rings (SSSR count). The summed E-state index contributed by atoms with van der Waals surface area (Å²) in [6.45, 7) is -2.05. The topological polar surface area (TPSA) is 445 Å². The monoisotopic (exact) mass is 850 g/mol. The first-order chi connectivity index (χ1) is 25.0. The molecule has 0 saturated carbocycles. The number of nitrogens with one attached hydrogen (secondary N) is 1. The van der Waals surface area contributed by atoms with Crippen molar-refractivity contribution in [1.29, 1.82) is 0 Å². The van der Waals surface area contributed by atoms with Crippen LogP contribution in [0.3, 0.4) is 0 Å². The molecule has 0 spiro atoms. The third kappa shape index (κ3) is 8.63. The van der Waals surface area contributed by atoms with Crippen molar-refractivity contribution in [2.45, 2.75) is 49.1 Å². The van der Waals surface area contributed by atoms with Gasteiger partial charge >= 0.3 is 30.8 Å². The number of ether oxygens (including phenoxy) is 2. The number of aliphatic hydroxyl groups is 3. The lowest BCUT2D eigenvalue weighted by molar-refractivity contribution is -0.0610. The molecule has 0 bridgehead atoms. The van der Waals surface area contributed by atoms with Crippen molar-refractivity contribution in [1.82, 2.24) is 39.0 Å². The molecule has 54 heavy (non-hydrogen) atoms. The normalized spacial score (nSPS) is 29.7. The average molecular weight is 850 g/mol. The summed E-state index contributed by atoms with van der Waals surface area (Å²) < 4.78 is 81.0. The van der Waals surface area contributed by atoms with Gasteiger partial charge in [0.05, 0.1) is 25.9 Å². The molecule has 33 heteroatoms. The fourth-order valence-corrected chi connectivity index (χ4v) is 10.9. The molecule has 0 amide bonds. The Morgan fingerprint density at radius 1 is 0.778 bits per heavy atom. The number of nitrogens with zero attached hydrogens (tertiary/aromatic N) is 7. The van der Waals surface area contributed by atoms with Crippen LogP contribution in [0.4, 0.5) is 11.8 Å². The number of anilines is 2. The van der Waals surface area contributed by atoms with Gasteiger partial charge in [-0.05, 0) is 0 Å². The predicted molar refractivity (Wildman–Crippen MR) is 172 cm³/mol. The van der Waals surface area contributed by atoms with Gasteiger partial charge in [-0.25, -0.2) is 33.4 Å². The van der Waals surface area contributed by atoms with Crippen LogP contribution < -0.4 is 17.0 Å². The largest absolute Gasteiger partial charge is 0.476 e. The Labute approximate surface area is 298 Å². The highest BCUT2D eigenvalue weighted by Crippen LogP contribution is 2.65. The van der Waals surface area contributed by atoms with Crippen LogP contribution in [0.25, 0.3) is 22.3 Å². The number of hydrogen-bond acceptors (Lipinski definition) is 21. The molecule has 11 atom stereocenters. The van der Waals surface area contributed by atoms with E-state index in [2.05, 4.69) is 34.2 Å². The summed E-state index contributed by atoms with van der Waals surface area (Å²) >= 11 is 0. The number of aromatic nitrogens is 8. The third-order valence-corrected chi connectivity index (χ3v) is 14.0. The van der Waals surface area contributed by atoms with E-state index in [9.17, 15) is 53.1 Å². The second-order valence-electron chi connectivity index (χ2n) is 11.6. The summed E-state index contributed by atoms with van der Waals surface area (Å²) in [6, 6.07) is 0. The van der Waals surface area contributed by atoms with Gasteiger partial charge in [-0.1, -0.05) is 0 Å². The minimum absolute atomic E-state index is 0.0130. The SMILES string of the molecule is Nc1nc2c(ncn2[C@@H]2O[C@H](COP(=O)(O)CP(=O)(O)OP(=O)(O)O)[C@@H](O)[C@H]2OP(=O)(O)OC[C@H]2O[C@@H](n3cnc4c(N)ncnc43)[C@H](O)[C@@H]2O)c(=O)[nH]1. The second-order valence-corrected chi connectivity index (χ2v) is 18.6. The Kier molecular flexibility index (Phi) is 11.1. The minimum Gasteiger partial charge on any atom is -0.387 e. The number of phosphoric ester groups is 1. The van der Waals surface area contributed by atoms with Crippen molar-refractivity contribution >= 4 is 64.9 Å². The Bertz CT molecular complexity index is 2300. The summed E-state index contributed by atoms with van der Waals surface area (Å²) in [5, 5.41) is 32.5. The maximum absolute atomic E-state index is 13.3. The lowest BCUT2D eigenvalue weighted by Gasteiger charge is -2.25. The molecule has 13 N–H and O–H groups in total. The van der Waals surface area contributed by atoms with Crippen LogP contribution in [-0.4, -0.2) is 135 Å². The number of nitrogens with two attached hydrogens (primary N) is 2. The van der Waals surface area contributed by atoms with E-state index in [1.165, 1.54) is 10.9 Å². The summed E-state index contributed by atoms with van der Waals surface area (Å²) in [5.41, 5.74) is 10.3. The Balaban J connectivity index is 1.20. The highest BCUT2D eigenvalue weighted by molar-refractivity contribution is 7.74. The second kappa shape index (κ2) is 14.7. The molecule has 2 saturated heterocycles. The maximum Gasteiger partial charge on any atom is 0.476 e. The minimum atomic E-state index is -5.60. The van der Waals surface area contributed by atoms with E-state index < -0.39 is 111 Å². The summed E-state index contributed by atoms with van der Waals surface area (Å²) in [6.07, 6.45) is -10.6. The van der Waals surface area contributed by atoms with Gasteiger partial charge in [-0.2, -0.15) is 4.98 Å². The number of rotatable bonds is 14. The van der Waals surface area contributed by atoms with Crippen molar-refractivity contribution in [2.75, 3.05) is 30.6 Å². The van der Waals surface area contributed by atoms with E-state index in [1.807, 2.05) is 0 Å². The number of imidazole rings is 2. The van der Waals surface area contributed by atoms with Gasteiger partial charge in [-0.3, -0.25) is 37.1 Å². The molecular weight excluding hydrogens is 820 g/mol. The zero-order chi connectivity index (χ0) is 39.5. The van der Waals surface area contributed by atoms with E-state index in [1.54, 1.807) is 0 Å². The van der Waals surface area contributed by atoms with Gasteiger partial charge in [0.1, 0.15) is 48.5 Å². The fraction of sp³-hybridized carbons (Fsp3) is 0.524. The molecule has 2 aliphatic heterocycles. The first-order valence-corrected chi connectivity index (χ1v) is 21.3. The van der Waals surface area contributed by atoms with Crippen LogP contribution in [-0.2, 0) is 45.6 Å². The Hall–Kier alpha value is -3.14. The molecule has 2 fully saturated rings. The zero-order valence-electron chi connectivity index (χ0n) is 26.6. The molecule has 2 aliphatic rings. The van der Waals surface area contributed by atoms with Gasteiger partial charge in [0.25, 0.3) is 5.56 Å². The van der Waals surface area contributed by atoms with Crippen LogP contribution in [0.5, 0.6) is 0 Å². The molecule has 3 unspecified atom stereocenters. The van der Waals surface area contributed by atoms with Gasteiger partial charge in [0, 0.05) is 0 Å². The molecule has 0 aromatic carbocycles. The van der Waals surface area contributed by atoms with E-state index >= 15 is 0 Å². The molecule has 4 aromatic rings. The lowest BCUT2D eigenvalue weighted by atomic mass is 10.1. The first kappa shape index (κ1) is 40.5. The Morgan fingerprint density at radius 2 is 1.39 bits per heavy atom. The van der Waals surface area contributed by atoms with E-state index in [4.69, 9.17) is 44.3 Å². The molecule has 6 heterocycles. The molecule has 0 radical (unpaired) electrons. The molecule has 0 aliphatic carbocycles. The number of aromatic amines is 1. The van der Waals surface area contributed by atoms with E-state index in [0.717, 1.165) is 17.2 Å². The summed E-state index contributed by atoms with van der Waals surface area (Å²) in [4.78, 5) is 82.4. The van der Waals surface area contributed by atoms with Crippen molar-refractivity contribution in [3.05, 3.63) is 29.3 Å². The number of hydrogen-bond donors (Lipinski definition) is 11. The van der Waals surface area contributed by atoms with Crippen LogP contribution >= 0.6 is 30.8 Å². The molecule has 29 nitrogen and oxygen atoms in total. The lowest BCUT2D eigenvalue weighted by Crippen LogP contribution is -2.36. The van der Waals surface area contributed by atoms with Crippen molar-refractivity contribution < 1.29 is 85.4 Å². The summed E-state index contributed by atoms with van der Waals surface area (Å²) in [7, 11) is -21.7. The van der Waals surface area contributed by atoms with Gasteiger partial charge in [0.15, 0.2) is 41.0 Å². The van der Waals surface area contributed by atoms with Crippen LogP contribution in [0.1, 0.15) is 12.5 Å². The smallest absolute Gasteiger partial charge is 0.387 e. The predicted octanol–water partition coefficient (Wildman–Crippen LogP) is -3.04. The first-order valence-electron chi connectivity index (χ1n) is 14.8. The van der Waals surface area contributed by atoms with Crippen molar-refractivity contribution in [3.63, 3.8) is 0 Å². The van der Waals surface area contributed by atoms with Crippen molar-refractivity contribution in [2.24, 2.45) is 0 Å².